The van der Waals surface area contributed by atoms with Crippen molar-refractivity contribution in [2.45, 2.75) is 17.8 Å². The molecule has 0 aliphatic heterocycles. The Bertz CT molecular complexity index is 551. The van der Waals surface area contributed by atoms with E-state index in [1.54, 1.807) is 0 Å². The molecule has 0 fully saturated rings. The summed E-state index contributed by atoms with van der Waals surface area (Å²) in [4.78, 5) is 22.2. The number of carboxylic acids is 1. The van der Waals surface area contributed by atoms with E-state index in [0.717, 1.165) is 11.8 Å². The van der Waals surface area contributed by atoms with Crippen LogP contribution in [0.5, 0.6) is 5.75 Å². The smallest absolute Gasteiger partial charge is 0.321 e. The van der Waals surface area contributed by atoms with E-state index in [0.29, 0.717) is 0 Å². The average Bonchev–Trinajstić information content (AvgIpc) is 2.37. The predicted molar refractivity (Wildman–Crippen MR) is 68.7 cm³/mol. The minimum Gasteiger partial charge on any atom is -0.507 e. The fraction of sp³-hybridized carbons (Fsp3) is 0.273. The molecule has 1 aromatic carbocycles. The Morgan fingerprint density at radius 3 is 2.94 bits per heavy atom. The second-order valence-corrected chi connectivity index (χ2v) is 4.45. The van der Waals surface area contributed by atoms with Gasteiger partial charge in [-0.05, 0) is 18.2 Å². The average molecular weight is 273 g/mol. The van der Waals surface area contributed by atoms with Crippen LogP contribution in [0.25, 0.3) is 0 Å². The molecule has 0 radical (unpaired) electrons. The minimum absolute atomic E-state index is 0.0135. The number of benzene rings is 1. The fourth-order valence-corrected chi connectivity index (χ4v) is 2.02. The summed E-state index contributed by atoms with van der Waals surface area (Å²) in [6.07, 6.45) is 0. The Morgan fingerprint density at radius 2 is 2.33 bits per heavy atom. The van der Waals surface area contributed by atoms with E-state index in [2.05, 4.69) is 5.32 Å². The van der Waals surface area contributed by atoms with Crippen LogP contribution >= 0.6 is 11.8 Å². The van der Waals surface area contributed by atoms with Crippen molar-refractivity contribution in [3.8, 4) is 5.75 Å². The molecule has 1 aromatic rings. The largest absolute Gasteiger partial charge is 0.507 e. The summed E-state index contributed by atoms with van der Waals surface area (Å²) in [5.41, 5.74) is 5.52. The molecule has 6 nitrogen and oxygen atoms in total. The van der Waals surface area contributed by atoms with Crippen molar-refractivity contribution in [3.05, 3.63) is 18.2 Å². The molecule has 1 amide bonds. The molecular weight excluding hydrogens is 256 g/mol. The number of hydrogen-bond donors (Lipinski definition) is 4. The number of carbonyl (C=O) groups excluding carboxylic acids is 1. The molecule has 1 atom stereocenters. The highest BCUT2D eigenvalue weighted by Gasteiger charge is 2.13. The van der Waals surface area contributed by atoms with E-state index < -0.39 is 24.8 Å². The van der Waals surface area contributed by atoms with Gasteiger partial charge < -0.3 is 21.3 Å². The number of phenols is 1. The van der Waals surface area contributed by atoms with E-state index in [1.807, 2.05) is 0 Å². The highest BCUT2D eigenvalue weighted by Crippen LogP contribution is 2.31. The summed E-state index contributed by atoms with van der Waals surface area (Å²) in [6.45, 7) is -2.78. The van der Waals surface area contributed by atoms with Gasteiger partial charge in [0, 0.05) is 22.4 Å². The van der Waals surface area contributed by atoms with Crippen LogP contribution in [0.1, 0.15) is 11.0 Å². The van der Waals surface area contributed by atoms with Gasteiger partial charge in [0.05, 0.1) is 4.90 Å². The zero-order valence-corrected chi connectivity index (χ0v) is 10.0. The maximum Gasteiger partial charge on any atom is 0.321 e. The minimum atomic E-state index is -2.78. The van der Waals surface area contributed by atoms with E-state index >= 15 is 0 Å². The Morgan fingerprint density at radius 1 is 1.61 bits per heavy atom. The van der Waals surface area contributed by atoms with Gasteiger partial charge in [-0.15, -0.1) is 11.8 Å². The Hall–Kier alpha value is -1.73. The van der Waals surface area contributed by atoms with Gasteiger partial charge >= 0.3 is 5.97 Å². The van der Waals surface area contributed by atoms with Crippen molar-refractivity contribution in [2.75, 3.05) is 11.1 Å². The third-order valence-corrected chi connectivity index (χ3v) is 3.12. The molecule has 0 aromatic heterocycles. The number of nitrogens with two attached hydrogens (primary N) is 1. The van der Waals surface area contributed by atoms with Crippen LogP contribution in [-0.2, 0) is 9.59 Å². The number of amides is 1. The van der Waals surface area contributed by atoms with Crippen LogP contribution in [0.2, 0.25) is 0 Å². The molecule has 98 valence electrons. The number of phenolic OH excluding ortho intramolecular Hbond substituents is 1. The SMILES string of the molecule is [2H]C([2H])([2H])C(=O)Nc1ccc(O)c(SC[C@@H](N)C(=O)O)c1. The highest BCUT2D eigenvalue weighted by molar-refractivity contribution is 7.99. The van der Waals surface area contributed by atoms with Crippen molar-refractivity contribution < 1.29 is 23.9 Å². The van der Waals surface area contributed by atoms with E-state index in [9.17, 15) is 14.7 Å². The second kappa shape index (κ2) is 6.27. The van der Waals surface area contributed by atoms with Gasteiger partial charge in [-0.1, -0.05) is 0 Å². The summed E-state index contributed by atoms with van der Waals surface area (Å²) in [5, 5.41) is 20.5. The normalized spacial score (nSPS) is 15.1. The van der Waals surface area contributed by atoms with Gasteiger partial charge in [-0.25, -0.2) is 0 Å². The standard InChI is InChI=1S/C11H14N2O4S/c1-6(14)13-7-2-3-9(15)10(4-7)18-5-8(12)11(16)17/h2-4,8,15H,5,12H2,1H3,(H,13,14)(H,16,17)/t8-/m1/s1/i1D3. The van der Waals surface area contributed by atoms with Crippen molar-refractivity contribution in [2.24, 2.45) is 5.73 Å². The number of nitrogens with one attached hydrogen (secondary N) is 1. The van der Waals surface area contributed by atoms with Crippen LogP contribution in [-0.4, -0.2) is 33.9 Å². The molecule has 7 heteroatoms. The molecule has 0 unspecified atom stereocenters. The van der Waals surface area contributed by atoms with Crippen LogP contribution in [0.4, 0.5) is 5.69 Å². The van der Waals surface area contributed by atoms with Crippen LogP contribution in [0.15, 0.2) is 23.1 Å². The Balaban J connectivity index is 2.80. The molecule has 0 spiro atoms. The van der Waals surface area contributed by atoms with Crippen molar-refractivity contribution in [3.63, 3.8) is 0 Å². The number of aliphatic carboxylic acids is 1. The Labute approximate surface area is 112 Å². The quantitative estimate of drug-likeness (QED) is 0.467. The lowest BCUT2D eigenvalue weighted by Crippen LogP contribution is -2.32. The molecule has 0 aliphatic rings. The van der Waals surface area contributed by atoms with Gasteiger partial charge in [-0.3, -0.25) is 9.59 Å². The highest BCUT2D eigenvalue weighted by atomic mass is 32.2. The number of carbonyl (C=O) groups is 2. The van der Waals surface area contributed by atoms with Gasteiger partial charge in [0.25, 0.3) is 0 Å². The number of anilines is 1. The summed E-state index contributed by atoms with van der Waals surface area (Å²) in [6, 6.07) is 2.84. The van der Waals surface area contributed by atoms with Crippen molar-refractivity contribution in [1.29, 1.82) is 0 Å². The van der Waals surface area contributed by atoms with Gasteiger partial charge in [0.15, 0.2) is 0 Å². The summed E-state index contributed by atoms with van der Waals surface area (Å²) in [7, 11) is 0. The number of thioether (sulfide) groups is 1. The molecular formula is C11H14N2O4S. The first-order valence-electron chi connectivity index (χ1n) is 6.37. The zero-order chi connectivity index (χ0) is 16.2. The van der Waals surface area contributed by atoms with Gasteiger partial charge in [-0.2, -0.15) is 0 Å². The first-order valence-corrected chi connectivity index (χ1v) is 5.85. The van der Waals surface area contributed by atoms with Gasteiger partial charge in [0.2, 0.25) is 5.91 Å². The monoisotopic (exact) mass is 273 g/mol. The molecule has 0 saturated carbocycles. The number of rotatable bonds is 5. The second-order valence-electron chi connectivity index (χ2n) is 3.39. The molecule has 5 N–H and O–H groups in total. The predicted octanol–water partition coefficient (Wildman–Crippen LogP) is 0.855. The summed E-state index contributed by atoms with van der Waals surface area (Å²) >= 11 is 0.984. The molecule has 0 saturated heterocycles. The Kier molecular flexibility index (Phi) is 3.56. The first-order chi connectivity index (χ1) is 9.61. The topological polar surface area (TPSA) is 113 Å². The third-order valence-electron chi connectivity index (χ3n) is 1.95. The van der Waals surface area contributed by atoms with E-state index in [4.69, 9.17) is 15.0 Å². The molecule has 18 heavy (non-hydrogen) atoms. The third kappa shape index (κ3) is 4.27. The van der Waals surface area contributed by atoms with Crippen molar-refractivity contribution in [1.82, 2.24) is 0 Å². The van der Waals surface area contributed by atoms with Crippen LogP contribution in [0.3, 0.4) is 0 Å². The zero-order valence-electron chi connectivity index (χ0n) is 12.2. The lowest BCUT2D eigenvalue weighted by molar-refractivity contribution is -0.137. The van der Waals surface area contributed by atoms with Gasteiger partial charge in [0.1, 0.15) is 11.8 Å². The molecule has 0 bridgehead atoms. The summed E-state index contributed by atoms with van der Waals surface area (Å²) < 4.78 is 20.9. The van der Waals surface area contributed by atoms with E-state index in [1.165, 1.54) is 18.2 Å². The molecule has 1 rings (SSSR count). The number of aromatic hydroxyl groups is 1. The molecule has 0 heterocycles. The van der Waals surface area contributed by atoms with Crippen molar-refractivity contribution >= 4 is 29.3 Å². The maximum absolute atomic E-state index is 11.3. The lowest BCUT2D eigenvalue weighted by Gasteiger charge is -2.09. The fourth-order valence-electron chi connectivity index (χ4n) is 1.09. The first kappa shape index (κ1) is 10.2. The number of hydrogen-bond acceptors (Lipinski definition) is 5. The lowest BCUT2D eigenvalue weighted by atomic mass is 10.3. The molecule has 0 aliphatic carbocycles. The van der Waals surface area contributed by atoms with E-state index in [-0.39, 0.29) is 22.1 Å². The van der Waals surface area contributed by atoms with Crippen LogP contribution in [0, 0.1) is 0 Å². The van der Waals surface area contributed by atoms with Crippen LogP contribution < -0.4 is 11.1 Å². The number of carboxylic acid groups (broad SMARTS) is 1. The summed E-state index contributed by atoms with van der Waals surface area (Å²) in [5.74, 6) is -2.43. The maximum atomic E-state index is 11.3.